The van der Waals surface area contributed by atoms with E-state index in [1.165, 1.54) is 29.6 Å². The van der Waals surface area contributed by atoms with Crippen LogP contribution in [-0.2, 0) is 4.79 Å². The van der Waals surface area contributed by atoms with Crippen LogP contribution in [0, 0.1) is 17.8 Å². The van der Waals surface area contributed by atoms with Gasteiger partial charge in [-0.2, -0.15) is 10.1 Å². The van der Waals surface area contributed by atoms with Gasteiger partial charge in [0.2, 0.25) is 0 Å². The van der Waals surface area contributed by atoms with E-state index in [-0.39, 0.29) is 5.91 Å². The van der Waals surface area contributed by atoms with E-state index < -0.39 is 0 Å². The highest BCUT2D eigenvalue weighted by molar-refractivity contribution is 8.23. The van der Waals surface area contributed by atoms with Gasteiger partial charge in [-0.05, 0) is 24.7 Å². The zero-order chi connectivity index (χ0) is 11.1. The molecule has 0 radical (unpaired) electrons. The summed E-state index contributed by atoms with van der Waals surface area (Å²) in [5, 5.41) is 5.62. The van der Waals surface area contributed by atoms with Crippen molar-refractivity contribution < 1.29 is 4.79 Å². The molecule has 0 spiro atoms. The highest BCUT2D eigenvalue weighted by Crippen LogP contribution is 2.42. The Morgan fingerprint density at radius 2 is 2.38 bits per heavy atom. The first-order valence-electron chi connectivity index (χ1n) is 5.46. The van der Waals surface area contributed by atoms with Crippen LogP contribution in [0.4, 0.5) is 0 Å². The third kappa shape index (κ3) is 1.72. The summed E-state index contributed by atoms with van der Waals surface area (Å²) in [5.41, 5.74) is 0. The molecule has 3 rings (SSSR count). The lowest BCUT2D eigenvalue weighted by atomic mass is 9.95. The number of nitrogens with zero attached hydrogens (tertiary/aromatic N) is 2. The van der Waals surface area contributed by atoms with Crippen LogP contribution in [0.15, 0.2) is 17.3 Å². The minimum Gasteiger partial charge on any atom is -0.272 e. The predicted molar refractivity (Wildman–Crippen MR) is 69.2 cm³/mol. The number of allylic oxidation sites excluding steroid dienone is 2. The van der Waals surface area contributed by atoms with E-state index in [1.54, 1.807) is 0 Å². The van der Waals surface area contributed by atoms with Crippen LogP contribution in [0.5, 0.6) is 0 Å². The maximum Gasteiger partial charge on any atom is 0.259 e. The number of hydrogen-bond acceptors (Lipinski definition) is 4. The molecule has 2 bridgehead atoms. The predicted octanol–water partition coefficient (Wildman–Crippen LogP) is 2.04. The second kappa shape index (κ2) is 3.96. The number of fused-ring (bicyclic) bond motifs is 2. The number of hydrazone groups is 1. The van der Waals surface area contributed by atoms with E-state index in [4.69, 9.17) is 12.2 Å². The van der Waals surface area contributed by atoms with Gasteiger partial charge in [0.25, 0.3) is 5.91 Å². The van der Waals surface area contributed by atoms with Crippen molar-refractivity contribution in [3.05, 3.63) is 12.2 Å². The van der Waals surface area contributed by atoms with Gasteiger partial charge in [0, 0.05) is 12.1 Å². The van der Waals surface area contributed by atoms with Crippen LogP contribution in [0.25, 0.3) is 0 Å². The third-order valence-corrected chi connectivity index (χ3v) is 4.77. The maximum atomic E-state index is 11.4. The van der Waals surface area contributed by atoms with Gasteiger partial charge in [-0.15, -0.1) is 0 Å². The molecule has 1 saturated carbocycles. The standard InChI is InChI=1S/C11H12N2OS2/c14-10-6-16-11(15)13(10)12-5-9-4-7-1-2-8(9)3-7/h1-2,5,7-9H,3-4,6H2/b12-5-/t7-,8-,9-/m0/s1. The van der Waals surface area contributed by atoms with E-state index in [0.717, 1.165) is 5.92 Å². The molecule has 0 aromatic heterocycles. The van der Waals surface area contributed by atoms with Crippen molar-refractivity contribution in [2.45, 2.75) is 12.8 Å². The molecule has 2 fully saturated rings. The number of amides is 1. The summed E-state index contributed by atoms with van der Waals surface area (Å²) in [6.07, 6.45) is 8.93. The molecule has 1 saturated heterocycles. The molecule has 3 nitrogen and oxygen atoms in total. The van der Waals surface area contributed by atoms with Crippen molar-refractivity contribution in [3.63, 3.8) is 0 Å². The lowest BCUT2D eigenvalue weighted by Gasteiger charge is -2.14. The monoisotopic (exact) mass is 252 g/mol. The molecular formula is C11H12N2OS2. The first kappa shape index (κ1) is 10.5. The summed E-state index contributed by atoms with van der Waals surface area (Å²) in [4.78, 5) is 11.4. The van der Waals surface area contributed by atoms with Crippen molar-refractivity contribution >= 4 is 40.4 Å². The van der Waals surface area contributed by atoms with Crippen molar-refractivity contribution in [1.29, 1.82) is 0 Å². The Labute approximate surface area is 104 Å². The van der Waals surface area contributed by atoms with Gasteiger partial charge in [-0.1, -0.05) is 36.1 Å². The Morgan fingerprint density at radius 1 is 1.50 bits per heavy atom. The van der Waals surface area contributed by atoms with Gasteiger partial charge in [-0.25, -0.2) is 0 Å². The second-order valence-electron chi connectivity index (χ2n) is 4.47. The van der Waals surface area contributed by atoms with Crippen LogP contribution in [0.1, 0.15) is 12.8 Å². The average molecular weight is 252 g/mol. The first-order chi connectivity index (χ1) is 7.74. The van der Waals surface area contributed by atoms with Crippen LogP contribution < -0.4 is 0 Å². The fraction of sp³-hybridized carbons (Fsp3) is 0.545. The fourth-order valence-corrected chi connectivity index (χ4v) is 3.57. The van der Waals surface area contributed by atoms with Gasteiger partial charge < -0.3 is 0 Å². The number of hydrogen-bond donors (Lipinski definition) is 0. The topological polar surface area (TPSA) is 32.7 Å². The van der Waals surface area contributed by atoms with Gasteiger partial charge in [-0.3, -0.25) is 4.79 Å². The zero-order valence-electron chi connectivity index (χ0n) is 8.70. The smallest absolute Gasteiger partial charge is 0.259 e. The SMILES string of the molecule is O=C1CSC(=S)N1/N=C\[C@@H]1C[C@H]2C=C[C@H]1C2. The Kier molecular flexibility index (Phi) is 2.59. The quantitative estimate of drug-likeness (QED) is 0.428. The minimum absolute atomic E-state index is 0.00458. The Bertz CT molecular complexity index is 389. The third-order valence-electron chi connectivity index (χ3n) is 3.43. The number of thioether (sulfide) groups is 1. The van der Waals surface area contributed by atoms with Crippen LogP contribution >= 0.6 is 24.0 Å². The largest absolute Gasteiger partial charge is 0.272 e. The average Bonchev–Trinajstić information content (AvgIpc) is 2.94. The molecular weight excluding hydrogens is 240 g/mol. The molecule has 3 aliphatic rings. The van der Waals surface area contributed by atoms with E-state index in [1.807, 2.05) is 6.21 Å². The summed E-state index contributed by atoms with van der Waals surface area (Å²) in [6, 6.07) is 0. The van der Waals surface area contributed by atoms with Crippen molar-refractivity contribution in [2.75, 3.05) is 5.75 Å². The Morgan fingerprint density at radius 3 is 2.94 bits per heavy atom. The molecule has 0 unspecified atom stereocenters. The molecule has 0 N–H and O–H groups in total. The molecule has 0 aromatic rings. The Hall–Kier alpha value is -0.680. The molecule has 2 aliphatic carbocycles. The highest BCUT2D eigenvalue weighted by Gasteiger charge is 2.35. The summed E-state index contributed by atoms with van der Waals surface area (Å²) >= 11 is 6.46. The van der Waals surface area contributed by atoms with Crippen molar-refractivity contribution in [3.8, 4) is 0 Å². The summed E-state index contributed by atoms with van der Waals surface area (Å²) in [5.74, 6) is 2.30. The minimum atomic E-state index is 0.00458. The normalized spacial score (nSPS) is 37.2. The van der Waals surface area contributed by atoms with Gasteiger partial charge in [0.1, 0.15) is 0 Å². The lowest BCUT2D eigenvalue weighted by Crippen LogP contribution is -2.23. The van der Waals surface area contributed by atoms with Gasteiger partial charge in [0.15, 0.2) is 4.32 Å². The zero-order valence-corrected chi connectivity index (χ0v) is 10.3. The van der Waals surface area contributed by atoms with Gasteiger partial charge >= 0.3 is 0 Å². The van der Waals surface area contributed by atoms with Crippen LogP contribution in [0.2, 0.25) is 0 Å². The maximum absolute atomic E-state index is 11.4. The molecule has 1 heterocycles. The Balaban J connectivity index is 1.68. The second-order valence-corrected chi connectivity index (χ2v) is 6.08. The summed E-state index contributed by atoms with van der Waals surface area (Å²) < 4.78 is 0.583. The van der Waals surface area contributed by atoms with E-state index in [9.17, 15) is 4.79 Å². The molecule has 84 valence electrons. The molecule has 0 aromatic carbocycles. The van der Waals surface area contributed by atoms with Crippen LogP contribution in [-0.4, -0.2) is 27.2 Å². The number of carbonyl (C=O) groups is 1. The summed E-state index contributed by atoms with van der Waals surface area (Å²) in [7, 11) is 0. The highest BCUT2D eigenvalue weighted by atomic mass is 32.2. The fourth-order valence-electron chi connectivity index (χ4n) is 2.61. The number of rotatable bonds is 2. The van der Waals surface area contributed by atoms with Crippen molar-refractivity contribution in [2.24, 2.45) is 22.9 Å². The number of thiocarbonyl (C=S) groups is 1. The van der Waals surface area contributed by atoms with E-state index in [0.29, 0.717) is 21.9 Å². The van der Waals surface area contributed by atoms with Gasteiger partial charge in [0.05, 0.1) is 5.75 Å². The molecule has 1 amide bonds. The van der Waals surface area contributed by atoms with Crippen LogP contribution in [0.3, 0.4) is 0 Å². The molecule has 1 aliphatic heterocycles. The number of carbonyl (C=O) groups excluding carboxylic acids is 1. The van der Waals surface area contributed by atoms with E-state index >= 15 is 0 Å². The first-order valence-corrected chi connectivity index (χ1v) is 6.85. The molecule has 3 atom stereocenters. The lowest BCUT2D eigenvalue weighted by molar-refractivity contribution is -0.124. The van der Waals surface area contributed by atoms with E-state index in [2.05, 4.69) is 17.3 Å². The van der Waals surface area contributed by atoms with Crippen molar-refractivity contribution in [1.82, 2.24) is 5.01 Å². The molecule has 16 heavy (non-hydrogen) atoms. The molecule has 5 heteroatoms. The summed E-state index contributed by atoms with van der Waals surface area (Å²) in [6.45, 7) is 0.